The Hall–Kier alpha value is -1.96. The molecular weight excluding hydrogens is 222 g/mol. The van der Waals surface area contributed by atoms with Crippen molar-refractivity contribution in [1.29, 1.82) is 0 Å². The van der Waals surface area contributed by atoms with Crippen molar-refractivity contribution in [2.45, 2.75) is 13.8 Å². The van der Waals surface area contributed by atoms with Crippen LogP contribution in [0.25, 0.3) is 21.9 Å². The van der Waals surface area contributed by atoms with Crippen LogP contribution in [0.5, 0.6) is 0 Å². The van der Waals surface area contributed by atoms with E-state index in [4.69, 9.17) is 4.42 Å². The molecule has 0 N–H and O–H groups in total. The molecule has 3 rings (SSSR count). The molecule has 2 nitrogen and oxygen atoms in total. The van der Waals surface area contributed by atoms with Crippen LogP contribution >= 0.6 is 0 Å². The van der Waals surface area contributed by atoms with E-state index in [1.807, 2.05) is 12.1 Å². The van der Waals surface area contributed by atoms with Crippen molar-refractivity contribution >= 4 is 27.6 Å². The van der Waals surface area contributed by atoms with E-state index in [0.29, 0.717) is 0 Å². The summed E-state index contributed by atoms with van der Waals surface area (Å²) in [6.45, 7) is 6.33. The Balaban J connectivity index is 2.34. The second-order valence-corrected chi connectivity index (χ2v) is 4.42. The smallest absolute Gasteiger partial charge is 0.158 e. The molecule has 1 aromatic heterocycles. The molecular formula is C16H17NO. The maximum Gasteiger partial charge on any atom is 0.158 e. The molecule has 3 aromatic rings. The third kappa shape index (κ3) is 1.57. The number of benzene rings is 2. The molecule has 0 unspecified atom stereocenters. The minimum atomic E-state index is 0.965. The number of hydrogen-bond donors (Lipinski definition) is 0. The van der Waals surface area contributed by atoms with Crippen molar-refractivity contribution in [1.82, 2.24) is 0 Å². The van der Waals surface area contributed by atoms with E-state index >= 15 is 0 Å². The molecule has 0 aliphatic carbocycles. The molecule has 0 radical (unpaired) electrons. The molecule has 2 heteroatoms. The summed E-state index contributed by atoms with van der Waals surface area (Å²) in [6, 6.07) is 14.6. The number of anilines is 1. The molecule has 0 fully saturated rings. The van der Waals surface area contributed by atoms with Crippen LogP contribution in [0.3, 0.4) is 0 Å². The number of nitrogens with zero attached hydrogens (tertiary/aromatic N) is 1. The molecule has 0 bridgehead atoms. The summed E-state index contributed by atoms with van der Waals surface area (Å²) in [4.78, 5) is 2.32. The Labute approximate surface area is 107 Å². The maximum atomic E-state index is 6.03. The molecule has 0 aliphatic heterocycles. The monoisotopic (exact) mass is 239 g/mol. The molecule has 0 atom stereocenters. The van der Waals surface area contributed by atoms with Crippen LogP contribution < -0.4 is 4.90 Å². The van der Waals surface area contributed by atoms with E-state index in [-0.39, 0.29) is 0 Å². The Bertz CT molecular complexity index is 680. The number of furan rings is 1. The van der Waals surface area contributed by atoms with E-state index in [0.717, 1.165) is 24.3 Å². The minimum Gasteiger partial charge on any atom is -0.454 e. The predicted molar refractivity (Wildman–Crippen MR) is 77.3 cm³/mol. The standard InChI is InChI=1S/C16H17NO/c1-3-17(4-2)14-10-7-9-13-12-8-5-6-11-15(12)18-16(13)14/h5-11H,3-4H2,1-2H3. The average molecular weight is 239 g/mol. The SMILES string of the molecule is CCN(CC)c1cccc2c1oc1ccccc12. The zero-order valence-corrected chi connectivity index (χ0v) is 10.8. The van der Waals surface area contributed by atoms with Crippen molar-refractivity contribution in [2.24, 2.45) is 0 Å². The Kier molecular flexibility index (Phi) is 2.71. The van der Waals surface area contributed by atoms with Gasteiger partial charge in [-0.05, 0) is 26.0 Å². The van der Waals surface area contributed by atoms with Gasteiger partial charge in [-0.25, -0.2) is 0 Å². The van der Waals surface area contributed by atoms with Gasteiger partial charge in [-0.3, -0.25) is 0 Å². The summed E-state index contributed by atoms with van der Waals surface area (Å²) in [5.74, 6) is 0. The van der Waals surface area contributed by atoms with E-state index in [1.165, 1.54) is 16.5 Å². The lowest BCUT2D eigenvalue weighted by Crippen LogP contribution is -2.21. The first-order valence-electron chi connectivity index (χ1n) is 6.50. The Morgan fingerprint density at radius 2 is 1.61 bits per heavy atom. The van der Waals surface area contributed by atoms with Crippen molar-refractivity contribution in [3.63, 3.8) is 0 Å². The summed E-state index contributed by atoms with van der Waals surface area (Å²) >= 11 is 0. The van der Waals surface area contributed by atoms with Crippen molar-refractivity contribution < 1.29 is 4.42 Å². The highest BCUT2D eigenvalue weighted by Crippen LogP contribution is 2.34. The molecule has 2 aromatic carbocycles. The second kappa shape index (κ2) is 4.37. The highest BCUT2D eigenvalue weighted by molar-refractivity contribution is 6.08. The van der Waals surface area contributed by atoms with Gasteiger partial charge in [0.15, 0.2) is 5.58 Å². The molecule has 0 saturated carbocycles. The molecule has 0 amide bonds. The highest BCUT2D eigenvalue weighted by Gasteiger charge is 2.12. The summed E-state index contributed by atoms with van der Waals surface area (Å²) in [6.07, 6.45) is 0. The van der Waals surface area contributed by atoms with Crippen molar-refractivity contribution in [2.75, 3.05) is 18.0 Å². The lowest BCUT2D eigenvalue weighted by atomic mass is 10.1. The van der Waals surface area contributed by atoms with Crippen LogP contribution in [0, 0.1) is 0 Å². The Morgan fingerprint density at radius 1 is 0.889 bits per heavy atom. The van der Waals surface area contributed by atoms with Gasteiger partial charge < -0.3 is 9.32 Å². The van der Waals surface area contributed by atoms with Gasteiger partial charge in [0.1, 0.15) is 5.58 Å². The number of hydrogen-bond acceptors (Lipinski definition) is 2. The summed E-state index contributed by atoms with van der Waals surface area (Å²) in [5.41, 5.74) is 3.16. The fraction of sp³-hybridized carbons (Fsp3) is 0.250. The first-order chi connectivity index (χ1) is 8.85. The summed E-state index contributed by atoms with van der Waals surface area (Å²) < 4.78 is 6.03. The second-order valence-electron chi connectivity index (χ2n) is 4.42. The third-order valence-corrected chi connectivity index (χ3v) is 3.49. The molecule has 18 heavy (non-hydrogen) atoms. The van der Waals surface area contributed by atoms with Crippen LogP contribution in [0.15, 0.2) is 46.9 Å². The summed E-state index contributed by atoms with van der Waals surface area (Å²) in [7, 11) is 0. The zero-order valence-electron chi connectivity index (χ0n) is 10.8. The van der Waals surface area contributed by atoms with E-state index in [2.05, 4.69) is 49.1 Å². The first-order valence-corrected chi connectivity index (χ1v) is 6.50. The van der Waals surface area contributed by atoms with E-state index in [1.54, 1.807) is 0 Å². The molecule has 92 valence electrons. The number of rotatable bonds is 3. The zero-order chi connectivity index (χ0) is 12.5. The predicted octanol–water partition coefficient (Wildman–Crippen LogP) is 4.43. The molecule has 0 aliphatic rings. The van der Waals surface area contributed by atoms with Crippen LogP contribution in [0.2, 0.25) is 0 Å². The third-order valence-electron chi connectivity index (χ3n) is 3.49. The highest BCUT2D eigenvalue weighted by atomic mass is 16.3. The fourth-order valence-electron chi connectivity index (χ4n) is 2.55. The molecule has 0 saturated heterocycles. The van der Waals surface area contributed by atoms with Gasteiger partial charge in [-0.2, -0.15) is 0 Å². The van der Waals surface area contributed by atoms with Gasteiger partial charge >= 0.3 is 0 Å². The number of fused-ring (bicyclic) bond motifs is 3. The largest absolute Gasteiger partial charge is 0.454 e. The van der Waals surface area contributed by atoms with Crippen LogP contribution in [-0.4, -0.2) is 13.1 Å². The van der Waals surface area contributed by atoms with Gasteiger partial charge in [0.2, 0.25) is 0 Å². The van der Waals surface area contributed by atoms with Crippen LogP contribution in [-0.2, 0) is 0 Å². The van der Waals surface area contributed by atoms with Gasteiger partial charge in [-0.1, -0.05) is 30.3 Å². The number of para-hydroxylation sites is 2. The lowest BCUT2D eigenvalue weighted by molar-refractivity contribution is 0.665. The van der Waals surface area contributed by atoms with Gasteiger partial charge in [-0.15, -0.1) is 0 Å². The first kappa shape index (κ1) is 11.1. The topological polar surface area (TPSA) is 16.4 Å². The minimum absolute atomic E-state index is 0.965. The van der Waals surface area contributed by atoms with E-state index in [9.17, 15) is 0 Å². The lowest BCUT2D eigenvalue weighted by Gasteiger charge is -2.20. The molecule has 0 spiro atoms. The van der Waals surface area contributed by atoms with Gasteiger partial charge in [0, 0.05) is 23.9 Å². The van der Waals surface area contributed by atoms with Crippen LogP contribution in [0.4, 0.5) is 5.69 Å². The van der Waals surface area contributed by atoms with Crippen molar-refractivity contribution in [3.05, 3.63) is 42.5 Å². The summed E-state index contributed by atoms with van der Waals surface area (Å²) in [5, 5.41) is 2.40. The Morgan fingerprint density at radius 3 is 2.39 bits per heavy atom. The average Bonchev–Trinajstić information content (AvgIpc) is 2.80. The maximum absolute atomic E-state index is 6.03. The normalized spacial score (nSPS) is 11.2. The van der Waals surface area contributed by atoms with Gasteiger partial charge in [0.25, 0.3) is 0 Å². The quantitative estimate of drug-likeness (QED) is 0.672. The molecule has 1 heterocycles. The van der Waals surface area contributed by atoms with E-state index < -0.39 is 0 Å². The fourth-order valence-corrected chi connectivity index (χ4v) is 2.55. The van der Waals surface area contributed by atoms with Crippen molar-refractivity contribution in [3.8, 4) is 0 Å². The van der Waals surface area contributed by atoms with Crippen LogP contribution in [0.1, 0.15) is 13.8 Å². The van der Waals surface area contributed by atoms with Gasteiger partial charge in [0.05, 0.1) is 5.69 Å².